The summed E-state index contributed by atoms with van der Waals surface area (Å²) in [5, 5.41) is 9.03. The Morgan fingerprint density at radius 3 is 3.08 bits per heavy atom. The van der Waals surface area contributed by atoms with Gasteiger partial charge in [-0.3, -0.25) is 4.90 Å². The third-order valence-electron chi connectivity index (χ3n) is 2.35. The molecular formula is C9H16ClNO. The molecule has 3 heteroatoms. The summed E-state index contributed by atoms with van der Waals surface area (Å²) in [6.07, 6.45) is 2.31. The number of hydrogen-bond acceptors (Lipinski definition) is 2. The van der Waals surface area contributed by atoms with Crippen LogP contribution in [0.3, 0.4) is 0 Å². The van der Waals surface area contributed by atoms with Crippen LogP contribution in [-0.2, 0) is 0 Å². The van der Waals surface area contributed by atoms with Crippen LogP contribution >= 0.6 is 11.6 Å². The quantitative estimate of drug-likeness (QED) is 0.729. The molecule has 0 aromatic heterocycles. The Bertz CT molecular complexity index is 170. The summed E-state index contributed by atoms with van der Waals surface area (Å²) in [6.45, 7) is 4.28. The predicted octanol–water partition coefficient (Wildman–Crippen LogP) is 1.59. The molecular weight excluding hydrogens is 174 g/mol. The van der Waals surface area contributed by atoms with E-state index < -0.39 is 0 Å². The van der Waals surface area contributed by atoms with Crippen LogP contribution in [0.1, 0.15) is 19.8 Å². The third kappa shape index (κ3) is 2.47. The third-order valence-corrected chi connectivity index (χ3v) is 2.72. The summed E-state index contributed by atoms with van der Waals surface area (Å²) >= 11 is 5.57. The van der Waals surface area contributed by atoms with Crippen molar-refractivity contribution in [3.8, 4) is 0 Å². The summed E-state index contributed by atoms with van der Waals surface area (Å²) < 4.78 is 0. The first kappa shape index (κ1) is 10.0. The highest BCUT2D eigenvalue weighted by molar-refractivity contribution is 6.25. The molecule has 1 aliphatic rings. The maximum Gasteiger partial charge on any atom is 0.0587 e. The molecule has 1 unspecified atom stereocenters. The minimum Gasteiger partial charge on any atom is -0.395 e. The lowest BCUT2D eigenvalue weighted by atomic mass is 10.2. The molecule has 0 bridgehead atoms. The molecule has 0 spiro atoms. The van der Waals surface area contributed by atoms with Crippen LogP contribution in [0, 0.1) is 0 Å². The maximum atomic E-state index is 9.03. The summed E-state index contributed by atoms with van der Waals surface area (Å²) in [6, 6.07) is 0.358. The van der Waals surface area contributed by atoms with Gasteiger partial charge in [0, 0.05) is 18.1 Å². The molecule has 2 nitrogen and oxygen atoms in total. The fourth-order valence-corrected chi connectivity index (χ4v) is 1.73. The minimum atomic E-state index is 0.273. The van der Waals surface area contributed by atoms with Crippen LogP contribution in [0.4, 0.5) is 0 Å². The molecule has 0 radical (unpaired) electrons. The molecule has 70 valence electrons. The molecule has 1 rings (SSSR count). The molecule has 1 heterocycles. The topological polar surface area (TPSA) is 23.5 Å². The summed E-state index contributed by atoms with van der Waals surface area (Å²) in [5.41, 5.74) is 2.78. The number of likely N-dealkylation sites (tertiary alicyclic amines) is 1. The lowest BCUT2D eigenvalue weighted by Crippen LogP contribution is -2.33. The van der Waals surface area contributed by atoms with Crippen LogP contribution in [0.25, 0.3) is 0 Å². The predicted molar refractivity (Wildman–Crippen MR) is 51.3 cm³/mol. The van der Waals surface area contributed by atoms with E-state index in [4.69, 9.17) is 16.7 Å². The van der Waals surface area contributed by atoms with Gasteiger partial charge in [-0.25, -0.2) is 0 Å². The first-order valence-corrected chi connectivity index (χ1v) is 4.82. The van der Waals surface area contributed by atoms with Gasteiger partial charge in [0.1, 0.15) is 0 Å². The number of nitrogens with zero attached hydrogens (tertiary/aromatic N) is 1. The molecule has 12 heavy (non-hydrogen) atoms. The van der Waals surface area contributed by atoms with Gasteiger partial charge in [-0.1, -0.05) is 11.6 Å². The van der Waals surface area contributed by atoms with E-state index in [1.807, 2.05) is 6.92 Å². The van der Waals surface area contributed by atoms with Gasteiger partial charge in [0.25, 0.3) is 0 Å². The number of halogens is 1. The Kier molecular flexibility index (Phi) is 4.06. The van der Waals surface area contributed by atoms with Crippen LogP contribution in [-0.4, -0.2) is 35.7 Å². The molecule has 0 aromatic carbocycles. The van der Waals surface area contributed by atoms with Crippen molar-refractivity contribution in [2.75, 3.05) is 19.7 Å². The maximum absolute atomic E-state index is 9.03. The summed E-state index contributed by atoms with van der Waals surface area (Å²) in [7, 11) is 0. The Hall–Kier alpha value is -0.0500. The van der Waals surface area contributed by atoms with Crippen molar-refractivity contribution in [1.82, 2.24) is 4.90 Å². The number of aliphatic hydroxyl groups excluding tert-OH is 1. The van der Waals surface area contributed by atoms with E-state index in [0.29, 0.717) is 6.04 Å². The molecule has 1 fully saturated rings. The second kappa shape index (κ2) is 4.85. The Balaban J connectivity index is 2.40. The second-order valence-electron chi connectivity index (χ2n) is 3.40. The largest absolute Gasteiger partial charge is 0.395 e. The Morgan fingerprint density at radius 2 is 2.50 bits per heavy atom. The van der Waals surface area contributed by atoms with E-state index in [9.17, 15) is 0 Å². The van der Waals surface area contributed by atoms with E-state index >= 15 is 0 Å². The van der Waals surface area contributed by atoms with E-state index in [0.717, 1.165) is 25.1 Å². The van der Waals surface area contributed by atoms with Gasteiger partial charge in [0.05, 0.1) is 6.61 Å². The highest BCUT2D eigenvalue weighted by atomic mass is 35.5. The van der Waals surface area contributed by atoms with Crippen molar-refractivity contribution in [3.63, 3.8) is 0 Å². The van der Waals surface area contributed by atoms with Crippen molar-refractivity contribution < 1.29 is 5.11 Å². The van der Waals surface area contributed by atoms with Gasteiger partial charge in [-0.2, -0.15) is 0 Å². The van der Waals surface area contributed by atoms with E-state index in [-0.39, 0.29) is 6.61 Å². The minimum absolute atomic E-state index is 0.273. The molecule has 1 atom stereocenters. The number of hydrogen-bond donors (Lipinski definition) is 1. The van der Waals surface area contributed by atoms with Crippen LogP contribution in [0.2, 0.25) is 0 Å². The first-order valence-electron chi connectivity index (χ1n) is 4.38. The van der Waals surface area contributed by atoms with Crippen molar-refractivity contribution in [1.29, 1.82) is 0 Å². The van der Waals surface area contributed by atoms with Crippen LogP contribution < -0.4 is 0 Å². The number of aliphatic hydroxyl groups is 1. The first-order chi connectivity index (χ1) is 5.77. The smallest absolute Gasteiger partial charge is 0.0587 e. The van der Waals surface area contributed by atoms with Crippen molar-refractivity contribution in [3.05, 3.63) is 11.1 Å². The lowest BCUT2D eigenvalue weighted by Gasteiger charge is -2.22. The molecule has 0 saturated carbocycles. The van der Waals surface area contributed by atoms with Crippen molar-refractivity contribution in [2.45, 2.75) is 25.8 Å². The zero-order valence-electron chi connectivity index (χ0n) is 7.46. The molecule has 0 amide bonds. The van der Waals surface area contributed by atoms with Gasteiger partial charge < -0.3 is 5.11 Å². The van der Waals surface area contributed by atoms with Gasteiger partial charge in [0.2, 0.25) is 0 Å². The van der Waals surface area contributed by atoms with E-state index in [1.165, 1.54) is 6.42 Å². The fraction of sp³-hybridized carbons (Fsp3) is 0.778. The second-order valence-corrected chi connectivity index (χ2v) is 3.62. The van der Waals surface area contributed by atoms with E-state index in [2.05, 4.69) is 4.90 Å². The average Bonchev–Trinajstić information content (AvgIpc) is 2.51. The highest BCUT2D eigenvalue weighted by Gasteiger charge is 2.22. The highest BCUT2D eigenvalue weighted by Crippen LogP contribution is 2.17. The van der Waals surface area contributed by atoms with Crippen molar-refractivity contribution >= 4 is 11.6 Å². The van der Waals surface area contributed by atoms with Gasteiger partial charge in [-0.05, 0) is 31.9 Å². The zero-order chi connectivity index (χ0) is 8.97. The SMILES string of the molecule is CC(=CCl)CN1CCCC1CO. The molecule has 0 aliphatic carbocycles. The van der Waals surface area contributed by atoms with Crippen LogP contribution in [0.5, 0.6) is 0 Å². The summed E-state index contributed by atoms with van der Waals surface area (Å²) in [4.78, 5) is 2.29. The van der Waals surface area contributed by atoms with Gasteiger partial charge in [-0.15, -0.1) is 0 Å². The number of rotatable bonds is 3. The Labute approximate surface area is 78.8 Å². The molecule has 0 aromatic rings. The van der Waals surface area contributed by atoms with Crippen LogP contribution in [0.15, 0.2) is 11.1 Å². The summed E-state index contributed by atoms with van der Waals surface area (Å²) in [5.74, 6) is 0. The fourth-order valence-electron chi connectivity index (χ4n) is 1.66. The molecule has 1 aliphatic heterocycles. The van der Waals surface area contributed by atoms with E-state index in [1.54, 1.807) is 5.54 Å². The van der Waals surface area contributed by atoms with Gasteiger partial charge >= 0.3 is 0 Å². The normalized spacial score (nSPS) is 26.6. The molecule has 1 N–H and O–H groups in total. The standard InChI is InChI=1S/C9H16ClNO/c1-8(5-10)6-11-4-2-3-9(11)7-12/h5,9,12H,2-4,6-7H2,1H3. The van der Waals surface area contributed by atoms with Crippen molar-refractivity contribution in [2.24, 2.45) is 0 Å². The Morgan fingerprint density at radius 1 is 1.75 bits per heavy atom. The monoisotopic (exact) mass is 189 g/mol. The lowest BCUT2D eigenvalue weighted by molar-refractivity contribution is 0.167. The zero-order valence-corrected chi connectivity index (χ0v) is 8.22. The average molecular weight is 190 g/mol. The van der Waals surface area contributed by atoms with Gasteiger partial charge in [0.15, 0.2) is 0 Å². The molecule has 1 saturated heterocycles.